The van der Waals surface area contributed by atoms with Gasteiger partial charge >= 0.3 is 0 Å². The molecule has 2 N–H and O–H groups in total. The van der Waals surface area contributed by atoms with Crippen molar-refractivity contribution in [2.45, 2.75) is 12.6 Å². The smallest absolute Gasteiger partial charge is 0.133 e. The molecule has 0 aromatic carbocycles. The largest absolute Gasteiger partial charge is 0.467 e. The predicted octanol–water partition coefficient (Wildman–Crippen LogP) is 1.90. The van der Waals surface area contributed by atoms with Crippen LogP contribution in [0.2, 0.25) is 0 Å². The zero-order valence-electron chi connectivity index (χ0n) is 12.3. The fraction of sp³-hybridized carbons (Fsp3) is 0.250. The van der Waals surface area contributed by atoms with Gasteiger partial charge in [-0.1, -0.05) is 0 Å². The number of nitrogens with zero attached hydrogens (tertiary/aromatic N) is 3. The molecule has 0 saturated heterocycles. The number of aryl methyl sites for hydroxylation is 1. The van der Waals surface area contributed by atoms with E-state index in [0.29, 0.717) is 18.8 Å². The molecule has 3 aromatic rings. The number of hydrogen-bond donors (Lipinski definition) is 2. The molecule has 22 heavy (non-hydrogen) atoms. The van der Waals surface area contributed by atoms with Crippen molar-refractivity contribution >= 4 is 0 Å². The quantitative estimate of drug-likeness (QED) is 0.727. The first-order valence-electron chi connectivity index (χ1n) is 7.09. The Balaban J connectivity index is 1.66. The van der Waals surface area contributed by atoms with E-state index in [2.05, 4.69) is 15.4 Å². The van der Waals surface area contributed by atoms with Gasteiger partial charge in [-0.25, -0.2) is 0 Å². The van der Waals surface area contributed by atoms with Gasteiger partial charge in [0.25, 0.3) is 0 Å². The van der Waals surface area contributed by atoms with Crippen LogP contribution in [0.1, 0.15) is 17.4 Å². The lowest BCUT2D eigenvalue weighted by atomic mass is 10.1. The number of furan rings is 1. The normalized spacial score (nSPS) is 12.5. The Morgan fingerprint density at radius 3 is 3.00 bits per heavy atom. The summed E-state index contributed by atoms with van der Waals surface area (Å²) in [5, 5.41) is 17.7. The average molecular weight is 298 g/mol. The minimum atomic E-state index is -0.659. The van der Waals surface area contributed by atoms with E-state index in [4.69, 9.17) is 4.42 Å². The monoisotopic (exact) mass is 298 g/mol. The molecule has 0 aliphatic carbocycles. The second-order valence-corrected chi connectivity index (χ2v) is 5.08. The van der Waals surface area contributed by atoms with Crippen LogP contribution in [0.25, 0.3) is 11.3 Å². The van der Waals surface area contributed by atoms with Crippen LogP contribution in [0.4, 0.5) is 0 Å². The van der Waals surface area contributed by atoms with Gasteiger partial charge in [-0.15, -0.1) is 0 Å². The van der Waals surface area contributed by atoms with E-state index in [1.54, 1.807) is 35.5 Å². The van der Waals surface area contributed by atoms with Crippen LogP contribution in [-0.2, 0) is 13.6 Å². The van der Waals surface area contributed by atoms with Gasteiger partial charge < -0.3 is 14.8 Å². The van der Waals surface area contributed by atoms with Crippen molar-refractivity contribution in [2.24, 2.45) is 7.05 Å². The Morgan fingerprint density at radius 1 is 1.36 bits per heavy atom. The molecule has 6 nitrogen and oxygen atoms in total. The lowest BCUT2D eigenvalue weighted by Crippen LogP contribution is -2.20. The van der Waals surface area contributed by atoms with Gasteiger partial charge in [0.05, 0.1) is 12.0 Å². The highest BCUT2D eigenvalue weighted by atomic mass is 16.4. The van der Waals surface area contributed by atoms with Gasteiger partial charge in [-0.3, -0.25) is 9.67 Å². The minimum Gasteiger partial charge on any atom is -0.467 e. The van der Waals surface area contributed by atoms with Gasteiger partial charge in [0.2, 0.25) is 0 Å². The highest BCUT2D eigenvalue weighted by molar-refractivity contribution is 5.61. The number of aromatic nitrogens is 3. The molecule has 3 heterocycles. The number of pyridine rings is 1. The summed E-state index contributed by atoms with van der Waals surface area (Å²) >= 11 is 0. The van der Waals surface area contributed by atoms with Gasteiger partial charge in [-0.2, -0.15) is 5.10 Å². The van der Waals surface area contributed by atoms with Crippen LogP contribution in [0, 0.1) is 0 Å². The van der Waals surface area contributed by atoms with Crippen LogP contribution < -0.4 is 5.32 Å². The van der Waals surface area contributed by atoms with Crippen molar-refractivity contribution in [3.05, 3.63) is 60.4 Å². The van der Waals surface area contributed by atoms with Crippen molar-refractivity contribution < 1.29 is 9.52 Å². The van der Waals surface area contributed by atoms with Crippen molar-refractivity contribution in [3.63, 3.8) is 0 Å². The summed E-state index contributed by atoms with van der Waals surface area (Å²) in [4.78, 5) is 4.13. The van der Waals surface area contributed by atoms with Crippen LogP contribution in [0.3, 0.4) is 0 Å². The molecule has 0 spiro atoms. The Labute approximate surface area is 128 Å². The van der Waals surface area contributed by atoms with Crippen molar-refractivity contribution in [3.8, 4) is 11.3 Å². The standard InChI is InChI=1S/C16H18N4O2/c1-20-11-13(16(19-20)12-4-2-6-17-8-12)9-18-10-14(21)15-5-3-7-22-15/h2-8,11,14,18,21H,9-10H2,1H3. The summed E-state index contributed by atoms with van der Waals surface area (Å²) in [6, 6.07) is 7.40. The van der Waals surface area contributed by atoms with E-state index >= 15 is 0 Å². The minimum absolute atomic E-state index is 0.412. The molecule has 0 radical (unpaired) electrons. The molecule has 0 aliphatic rings. The van der Waals surface area contributed by atoms with Gasteiger partial charge in [0, 0.05) is 49.9 Å². The maximum absolute atomic E-state index is 9.99. The fourth-order valence-corrected chi connectivity index (χ4v) is 2.34. The Bertz CT molecular complexity index is 707. The van der Waals surface area contributed by atoms with Gasteiger partial charge in [-0.05, 0) is 24.3 Å². The number of nitrogens with one attached hydrogen (secondary N) is 1. The summed E-state index contributed by atoms with van der Waals surface area (Å²) in [5.74, 6) is 0.561. The van der Waals surface area contributed by atoms with Crippen LogP contribution in [-0.4, -0.2) is 26.4 Å². The predicted molar refractivity (Wildman–Crippen MR) is 81.8 cm³/mol. The molecule has 3 aromatic heterocycles. The first-order valence-corrected chi connectivity index (χ1v) is 7.09. The number of aliphatic hydroxyl groups is 1. The van der Waals surface area contributed by atoms with E-state index in [-0.39, 0.29) is 0 Å². The summed E-state index contributed by atoms with van der Waals surface area (Å²) in [7, 11) is 1.89. The molecule has 0 saturated carbocycles. The topological polar surface area (TPSA) is 76.1 Å². The molecule has 0 bridgehead atoms. The molecule has 6 heteroatoms. The van der Waals surface area contributed by atoms with Crippen molar-refractivity contribution in [1.82, 2.24) is 20.1 Å². The van der Waals surface area contributed by atoms with Crippen LogP contribution in [0.15, 0.2) is 53.5 Å². The third-order valence-corrected chi connectivity index (χ3v) is 3.36. The molecular weight excluding hydrogens is 280 g/mol. The first-order chi connectivity index (χ1) is 10.7. The van der Waals surface area contributed by atoms with Crippen LogP contribution in [0.5, 0.6) is 0 Å². The Morgan fingerprint density at radius 2 is 2.27 bits per heavy atom. The molecule has 1 atom stereocenters. The number of hydrogen-bond acceptors (Lipinski definition) is 5. The molecular formula is C16H18N4O2. The zero-order chi connectivity index (χ0) is 15.4. The van der Waals surface area contributed by atoms with Gasteiger partial charge in [0.1, 0.15) is 11.9 Å². The van der Waals surface area contributed by atoms with E-state index in [1.165, 1.54) is 0 Å². The second-order valence-electron chi connectivity index (χ2n) is 5.08. The Kier molecular flexibility index (Phi) is 4.32. The third kappa shape index (κ3) is 3.24. The molecule has 0 aliphatic heterocycles. The van der Waals surface area contributed by atoms with Crippen molar-refractivity contribution in [1.29, 1.82) is 0 Å². The maximum Gasteiger partial charge on any atom is 0.133 e. The molecule has 0 amide bonds. The van der Waals surface area contributed by atoms with Crippen molar-refractivity contribution in [2.75, 3.05) is 6.54 Å². The second kappa shape index (κ2) is 6.55. The lowest BCUT2D eigenvalue weighted by molar-refractivity contribution is 0.147. The van der Waals surface area contributed by atoms with E-state index in [0.717, 1.165) is 16.8 Å². The average Bonchev–Trinajstić information content (AvgIpc) is 3.18. The van der Waals surface area contributed by atoms with Crippen LogP contribution >= 0.6 is 0 Å². The van der Waals surface area contributed by atoms with Gasteiger partial charge in [0.15, 0.2) is 0 Å². The summed E-state index contributed by atoms with van der Waals surface area (Å²) in [5.41, 5.74) is 2.93. The molecule has 114 valence electrons. The van der Waals surface area contributed by atoms with E-state index in [1.807, 2.05) is 25.4 Å². The zero-order valence-corrected chi connectivity index (χ0v) is 12.3. The number of rotatable bonds is 6. The SMILES string of the molecule is Cn1cc(CNCC(O)c2ccco2)c(-c2cccnc2)n1. The molecule has 0 fully saturated rings. The van der Waals surface area contributed by atoms with E-state index in [9.17, 15) is 5.11 Å². The number of aliphatic hydroxyl groups excluding tert-OH is 1. The Hall–Kier alpha value is -2.44. The maximum atomic E-state index is 9.99. The third-order valence-electron chi connectivity index (χ3n) is 3.36. The summed E-state index contributed by atoms with van der Waals surface area (Å²) in [6.45, 7) is 1.02. The highest BCUT2D eigenvalue weighted by Gasteiger charge is 2.12. The summed E-state index contributed by atoms with van der Waals surface area (Å²) < 4.78 is 6.96. The summed E-state index contributed by atoms with van der Waals surface area (Å²) in [6.07, 6.45) is 6.40. The lowest BCUT2D eigenvalue weighted by Gasteiger charge is -2.09. The first kappa shape index (κ1) is 14.5. The highest BCUT2D eigenvalue weighted by Crippen LogP contribution is 2.21. The fourth-order valence-electron chi connectivity index (χ4n) is 2.34. The molecule has 1 unspecified atom stereocenters. The van der Waals surface area contributed by atoms with E-state index < -0.39 is 6.10 Å². The molecule has 3 rings (SSSR count).